The second kappa shape index (κ2) is 5.66. The molecule has 3 rings (SSSR count). The lowest BCUT2D eigenvalue weighted by atomic mass is 10.0. The molecular formula is C17H17FN2O. The Morgan fingerprint density at radius 2 is 2.05 bits per heavy atom. The lowest BCUT2D eigenvalue weighted by Gasteiger charge is -2.12. The Hall–Kier alpha value is -2.20. The maximum absolute atomic E-state index is 13.6. The highest BCUT2D eigenvalue weighted by molar-refractivity contribution is 6.02. The van der Waals surface area contributed by atoms with Gasteiger partial charge in [-0.25, -0.2) is 4.39 Å². The quantitative estimate of drug-likeness (QED) is 0.906. The minimum atomic E-state index is -0.355. The summed E-state index contributed by atoms with van der Waals surface area (Å²) in [6.45, 7) is 2.55. The summed E-state index contributed by atoms with van der Waals surface area (Å²) in [5, 5.41) is 6.07. The van der Waals surface area contributed by atoms with Crippen LogP contribution in [0.1, 0.15) is 22.7 Å². The predicted octanol–water partition coefficient (Wildman–Crippen LogP) is 2.96. The molecule has 1 aliphatic rings. The van der Waals surface area contributed by atoms with Gasteiger partial charge in [-0.1, -0.05) is 35.9 Å². The van der Waals surface area contributed by atoms with Crippen molar-refractivity contribution < 1.29 is 9.18 Å². The van der Waals surface area contributed by atoms with Gasteiger partial charge in [-0.05, 0) is 31.0 Å². The first-order chi connectivity index (χ1) is 10.1. The molecule has 4 heteroatoms. The zero-order valence-corrected chi connectivity index (χ0v) is 11.8. The molecule has 0 bridgehead atoms. The lowest BCUT2D eigenvalue weighted by molar-refractivity contribution is -0.117. The number of benzene rings is 2. The summed E-state index contributed by atoms with van der Waals surface area (Å²) >= 11 is 0. The molecule has 108 valence electrons. The fourth-order valence-corrected chi connectivity index (χ4v) is 2.64. The van der Waals surface area contributed by atoms with Gasteiger partial charge in [0.25, 0.3) is 0 Å². The van der Waals surface area contributed by atoms with Crippen LogP contribution < -0.4 is 10.6 Å². The molecule has 1 aliphatic heterocycles. The summed E-state index contributed by atoms with van der Waals surface area (Å²) in [6.07, 6.45) is 0.553. The number of carbonyl (C=O) groups is 1. The van der Waals surface area contributed by atoms with Crippen LogP contribution in [0.25, 0.3) is 0 Å². The van der Waals surface area contributed by atoms with Crippen molar-refractivity contribution in [2.24, 2.45) is 0 Å². The SMILES string of the molecule is Cc1ccc2c(c1)C(NCCc1ccccc1F)C(=O)N2. The molecule has 3 nitrogen and oxygen atoms in total. The van der Waals surface area contributed by atoms with Crippen molar-refractivity contribution >= 4 is 11.6 Å². The number of aryl methyl sites for hydroxylation is 1. The molecule has 1 heterocycles. The van der Waals surface area contributed by atoms with E-state index in [1.165, 1.54) is 6.07 Å². The van der Waals surface area contributed by atoms with Crippen LogP contribution in [0.15, 0.2) is 42.5 Å². The predicted molar refractivity (Wildman–Crippen MR) is 80.7 cm³/mol. The number of carbonyl (C=O) groups excluding carboxylic acids is 1. The number of rotatable bonds is 4. The fraction of sp³-hybridized carbons (Fsp3) is 0.235. The number of hydrogen-bond acceptors (Lipinski definition) is 2. The minimum absolute atomic E-state index is 0.0517. The summed E-state index contributed by atoms with van der Waals surface area (Å²) in [6, 6.07) is 12.3. The molecule has 0 radical (unpaired) electrons. The van der Waals surface area contributed by atoms with Gasteiger partial charge in [0.1, 0.15) is 11.9 Å². The van der Waals surface area contributed by atoms with E-state index < -0.39 is 0 Å². The monoisotopic (exact) mass is 284 g/mol. The van der Waals surface area contributed by atoms with Crippen LogP contribution in [0.4, 0.5) is 10.1 Å². The van der Waals surface area contributed by atoms with E-state index in [2.05, 4.69) is 10.6 Å². The van der Waals surface area contributed by atoms with Gasteiger partial charge in [0.05, 0.1) is 0 Å². The molecule has 0 aliphatic carbocycles. The van der Waals surface area contributed by atoms with Gasteiger partial charge in [-0.15, -0.1) is 0 Å². The third-order valence-electron chi connectivity index (χ3n) is 3.74. The highest BCUT2D eigenvalue weighted by Crippen LogP contribution is 2.31. The van der Waals surface area contributed by atoms with Crippen molar-refractivity contribution in [1.29, 1.82) is 0 Å². The van der Waals surface area contributed by atoms with Crippen LogP contribution in [0.5, 0.6) is 0 Å². The zero-order valence-electron chi connectivity index (χ0n) is 11.8. The zero-order chi connectivity index (χ0) is 14.8. The van der Waals surface area contributed by atoms with Crippen LogP contribution in [0, 0.1) is 12.7 Å². The number of nitrogens with one attached hydrogen (secondary N) is 2. The summed E-state index contributed by atoms with van der Waals surface area (Å²) in [7, 11) is 0. The van der Waals surface area contributed by atoms with Gasteiger partial charge in [-0.2, -0.15) is 0 Å². The van der Waals surface area contributed by atoms with E-state index in [9.17, 15) is 9.18 Å². The third kappa shape index (κ3) is 2.81. The van der Waals surface area contributed by atoms with E-state index >= 15 is 0 Å². The number of anilines is 1. The molecule has 0 fully saturated rings. The average Bonchev–Trinajstić information content (AvgIpc) is 2.77. The Morgan fingerprint density at radius 3 is 2.86 bits per heavy atom. The van der Waals surface area contributed by atoms with Crippen LogP contribution >= 0.6 is 0 Å². The van der Waals surface area contributed by atoms with Crippen molar-refractivity contribution in [1.82, 2.24) is 5.32 Å². The third-order valence-corrected chi connectivity index (χ3v) is 3.74. The Kier molecular flexibility index (Phi) is 3.71. The van der Waals surface area contributed by atoms with Crippen LogP contribution in [0.2, 0.25) is 0 Å². The number of halogens is 1. The highest BCUT2D eigenvalue weighted by Gasteiger charge is 2.29. The average molecular weight is 284 g/mol. The van der Waals surface area contributed by atoms with E-state index in [0.29, 0.717) is 18.5 Å². The summed E-state index contributed by atoms with van der Waals surface area (Å²) < 4.78 is 13.6. The van der Waals surface area contributed by atoms with Crippen molar-refractivity contribution in [3.8, 4) is 0 Å². The normalized spacial score (nSPS) is 16.7. The first-order valence-corrected chi connectivity index (χ1v) is 7.03. The Bertz CT molecular complexity index is 684. The summed E-state index contributed by atoms with van der Waals surface area (Å²) in [4.78, 5) is 12.0. The van der Waals surface area contributed by atoms with E-state index in [4.69, 9.17) is 0 Å². The van der Waals surface area contributed by atoms with E-state index in [1.54, 1.807) is 12.1 Å². The summed E-state index contributed by atoms with van der Waals surface area (Å²) in [5.41, 5.74) is 3.60. The Labute approximate surface area is 123 Å². The Morgan fingerprint density at radius 1 is 1.24 bits per heavy atom. The van der Waals surface area contributed by atoms with Crippen molar-refractivity contribution in [2.45, 2.75) is 19.4 Å². The number of hydrogen-bond donors (Lipinski definition) is 2. The molecule has 1 unspecified atom stereocenters. The molecule has 0 spiro atoms. The molecule has 2 N–H and O–H groups in total. The number of amides is 1. The van der Waals surface area contributed by atoms with Crippen LogP contribution in [0.3, 0.4) is 0 Å². The molecular weight excluding hydrogens is 267 g/mol. The minimum Gasteiger partial charge on any atom is -0.324 e. The number of fused-ring (bicyclic) bond motifs is 1. The molecule has 0 saturated heterocycles. The Balaban J connectivity index is 1.68. The second-order valence-electron chi connectivity index (χ2n) is 5.31. The molecule has 2 aromatic carbocycles. The molecule has 1 amide bonds. The largest absolute Gasteiger partial charge is 0.324 e. The molecule has 0 aromatic heterocycles. The second-order valence-corrected chi connectivity index (χ2v) is 5.31. The van der Waals surface area contributed by atoms with Gasteiger partial charge >= 0.3 is 0 Å². The molecule has 1 atom stereocenters. The van der Waals surface area contributed by atoms with E-state index in [-0.39, 0.29) is 17.8 Å². The van der Waals surface area contributed by atoms with Gasteiger partial charge < -0.3 is 10.6 Å². The van der Waals surface area contributed by atoms with Gasteiger partial charge in [-0.3, -0.25) is 4.79 Å². The maximum Gasteiger partial charge on any atom is 0.246 e. The van der Waals surface area contributed by atoms with Crippen LogP contribution in [-0.2, 0) is 11.2 Å². The lowest BCUT2D eigenvalue weighted by Crippen LogP contribution is -2.29. The van der Waals surface area contributed by atoms with E-state index in [0.717, 1.165) is 16.8 Å². The first kappa shape index (κ1) is 13.8. The van der Waals surface area contributed by atoms with Crippen molar-refractivity contribution in [3.05, 3.63) is 65.0 Å². The van der Waals surface area contributed by atoms with Crippen molar-refractivity contribution in [3.63, 3.8) is 0 Å². The van der Waals surface area contributed by atoms with Crippen molar-refractivity contribution in [2.75, 3.05) is 11.9 Å². The summed E-state index contributed by atoms with van der Waals surface area (Å²) in [5.74, 6) is -0.254. The van der Waals surface area contributed by atoms with Gasteiger partial charge in [0.2, 0.25) is 5.91 Å². The van der Waals surface area contributed by atoms with Gasteiger partial charge in [0.15, 0.2) is 0 Å². The smallest absolute Gasteiger partial charge is 0.246 e. The fourth-order valence-electron chi connectivity index (χ4n) is 2.64. The van der Waals surface area contributed by atoms with Crippen LogP contribution in [-0.4, -0.2) is 12.5 Å². The first-order valence-electron chi connectivity index (χ1n) is 7.03. The standard InChI is InChI=1S/C17H17FN2O/c1-11-6-7-15-13(10-11)16(17(21)20-15)19-9-8-12-4-2-3-5-14(12)18/h2-7,10,16,19H,8-9H2,1H3,(H,20,21). The van der Waals surface area contributed by atoms with E-state index in [1.807, 2.05) is 31.2 Å². The molecule has 21 heavy (non-hydrogen) atoms. The topological polar surface area (TPSA) is 41.1 Å². The molecule has 2 aromatic rings. The van der Waals surface area contributed by atoms with Gasteiger partial charge in [0, 0.05) is 17.8 Å². The highest BCUT2D eigenvalue weighted by atomic mass is 19.1. The maximum atomic E-state index is 13.6. The molecule has 0 saturated carbocycles.